The molecule has 1 heterocycles. The topological polar surface area (TPSA) is 53.1 Å². The number of hydrogen-bond acceptors (Lipinski definition) is 3. The summed E-state index contributed by atoms with van der Waals surface area (Å²) in [5.74, 6) is 0.810. The standard InChI is InChI=1S/C16H14BrN3O/c1-21-14-8-2-11(3-9-14)16-15(18)10-20(19-16)13-6-4-12(17)5-7-13/h2-10H,18H2,1H3. The lowest BCUT2D eigenvalue weighted by molar-refractivity contribution is 0.415. The molecule has 2 aromatic carbocycles. The number of methoxy groups -OCH3 is 1. The predicted molar refractivity (Wildman–Crippen MR) is 87.7 cm³/mol. The van der Waals surface area contributed by atoms with Gasteiger partial charge in [-0.25, -0.2) is 4.68 Å². The van der Waals surface area contributed by atoms with Gasteiger partial charge in [-0.3, -0.25) is 0 Å². The Balaban J connectivity index is 1.98. The average molecular weight is 344 g/mol. The fourth-order valence-electron chi connectivity index (χ4n) is 2.09. The minimum Gasteiger partial charge on any atom is -0.497 e. The summed E-state index contributed by atoms with van der Waals surface area (Å²) in [6.45, 7) is 0. The highest BCUT2D eigenvalue weighted by atomic mass is 79.9. The van der Waals surface area contributed by atoms with Crippen molar-refractivity contribution in [2.24, 2.45) is 0 Å². The zero-order valence-corrected chi connectivity index (χ0v) is 13.0. The first-order valence-electron chi connectivity index (χ1n) is 6.43. The van der Waals surface area contributed by atoms with Crippen LogP contribution < -0.4 is 10.5 Å². The van der Waals surface area contributed by atoms with E-state index in [4.69, 9.17) is 10.5 Å². The van der Waals surface area contributed by atoms with Gasteiger partial charge in [0.25, 0.3) is 0 Å². The Labute approximate surface area is 131 Å². The quantitative estimate of drug-likeness (QED) is 0.784. The Hall–Kier alpha value is -2.27. The summed E-state index contributed by atoms with van der Waals surface area (Å²) in [4.78, 5) is 0. The van der Waals surface area contributed by atoms with Gasteiger partial charge in [0.15, 0.2) is 0 Å². The predicted octanol–water partition coefficient (Wildman–Crippen LogP) is 3.89. The molecule has 3 aromatic rings. The van der Waals surface area contributed by atoms with Crippen molar-refractivity contribution in [3.8, 4) is 22.7 Å². The van der Waals surface area contributed by atoms with Crippen LogP contribution in [0.15, 0.2) is 59.2 Å². The highest BCUT2D eigenvalue weighted by molar-refractivity contribution is 9.10. The summed E-state index contributed by atoms with van der Waals surface area (Å²) in [7, 11) is 1.64. The van der Waals surface area contributed by atoms with Gasteiger partial charge in [0, 0.05) is 10.0 Å². The smallest absolute Gasteiger partial charge is 0.118 e. The van der Waals surface area contributed by atoms with E-state index in [0.29, 0.717) is 5.69 Å². The Morgan fingerprint density at radius 3 is 2.33 bits per heavy atom. The van der Waals surface area contributed by atoms with Gasteiger partial charge in [0.1, 0.15) is 11.4 Å². The third-order valence-corrected chi connectivity index (χ3v) is 3.73. The fraction of sp³-hybridized carbons (Fsp3) is 0.0625. The Kier molecular flexibility index (Phi) is 3.66. The van der Waals surface area contributed by atoms with Crippen molar-refractivity contribution < 1.29 is 4.74 Å². The van der Waals surface area contributed by atoms with Crippen LogP contribution in [0, 0.1) is 0 Å². The second-order valence-electron chi connectivity index (χ2n) is 4.58. The molecule has 0 spiro atoms. The van der Waals surface area contributed by atoms with Crippen LogP contribution in [0.5, 0.6) is 5.75 Å². The number of nitrogen functional groups attached to an aromatic ring is 1. The first-order chi connectivity index (χ1) is 10.2. The molecule has 106 valence electrons. The van der Waals surface area contributed by atoms with Crippen LogP contribution in [0.1, 0.15) is 0 Å². The summed E-state index contributed by atoms with van der Waals surface area (Å²) in [6.07, 6.45) is 1.82. The maximum absolute atomic E-state index is 6.09. The Morgan fingerprint density at radius 2 is 1.71 bits per heavy atom. The van der Waals surface area contributed by atoms with Gasteiger partial charge in [-0.15, -0.1) is 0 Å². The van der Waals surface area contributed by atoms with Crippen molar-refractivity contribution in [3.05, 3.63) is 59.2 Å². The van der Waals surface area contributed by atoms with Gasteiger partial charge in [0.2, 0.25) is 0 Å². The van der Waals surface area contributed by atoms with E-state index in [2.05, 4.69) is 21.0 Å². The molecule has 0 aliphatic rings. The van der Waals surface area contributed by atoms with Gasteiger partial charge < -0.3 is 10.5 Å². The number of anilines is 1. The van der Waals surface area contributed by atoms with Crippen molar-refractivity contribution in [2.45, 2.75) is 0 Å². The van der Waals surface area contributed by atoms with Crippen LogP contribution in [0.4, 0.5) is 5.69 Å². The van der Waals surface area contributed by atoms with E-state index in [9.17, 15) is 0 Å². The molecule has 0 bridgehead atoms. The molecule has 0 aliphatic carbocycles. The van der Waals surface area contributed by atoms with Gasteiger partial charge >= 0.3 is 0 Å². The highest BCUT2D eigenvalue weighted by Gasteiger charge is 2.09. The molecule has 2 N–H and O–H groups in total. The minimum absolute atomic E-state index is 0.642. The summed E-state index contributed by atoms with van der Waals surface area (Å²) >= 11 is 3.42. The van der Waals surface area contributed by atoms with Crippen molar-refractivity contribution in [3.63, 3.8) is 0 Å². The lowest BCUT2D eigenvalue weighted by Gasteiger charge is -2.02. The van der Waals surface area contributed by atoms with E-state index in [1.54, 1.807) is 11.8 Å². The summed E-state index contributed by atoms with van der Waals surface area (Å²) in [6, 6.07) is 15.6. The van der Waals surface area contributed by atoms with Gasteiger partial charge in [-0.2, -0.15) is 5.10 Å². The molecule has 0 atom stereocenters. The molecular weight excluding hydrogens is 330 g/mol. The lowest BCUT2D eigenvalue weighted by atomic mass is 10.1. The van der Waals surface area contributed by atoms with E-state index < -0.39 is 0 Å². The molecule has 0 saturated heterocycles. The number of rotatable bonds is 3. The van der Waals surface area contributed by atoms with Gasteiger partial charge in [-0.05, 0) is 48.5 Å². The van der Waals surface area contributed by atoms with E-state index in [1.165, 1.54) is 0 Å². The number of aromatic nitrogens is 2. The lowest BCUT2D eigenvalue weighted by Crippen LogP contribution is -1.94. The zero-order valence-electron chi connectivity index (χ0n) is 11.5. The first kappa shape index (κ1) is 13.7. The molecule has 0 radical (unpaired) electrons. The van der Waals surface area contributed by atoms with Crippen LogP contribution >= 0.6 is 15.9 Å². The molecule has 1 aromatic heterocycles. The van der Waals surface area contributed by atoms with Gasteiger partial charge in [0.05, 0.1) is 24.7 Å². The highest BCUT2D eigenvalue weighted by Crippen LogP contribution is 2.27. The first-order valence-corrected chi connectivity index (χ1v) is 7.22. The molecule has 3 rings (SSSR count). The fourth-order valence-corrected chi connectivity index (χ4v) is 2.35. The van der Waals surface area contributed by atoms with E-state index in [0.717, 1.165) is 27.2 Å². The molecule has 0 unspecified atom stereocenters. The second-order valence-corrected chi connectivity index (χ2v) is 5.50. The zero-order chi connectivity index (χ0) is 14.8. The van der Waals surface area contributed by atoms with Crippen LogP contribution in [-0.2, 0) is 0 Å². The maximum Gasteiger partial charge on any atom is 0.118 e. The monoisotopic (exact) mass is 343 g/mol. The summed E-state index contributed by atoms with van der Waals surface area (Å²) < 4.78 is 7.97. The summed E-state index contributed by atoms with van der Waals surface area (Å²) in [5, 5.41) is 4.57. The van der Waals surface area contributed by atoms with Crippen molar-refractivity contribution in [1.29, 1.82) is 0 Å². The number of benzene rings is 2. The van der Waals surface area contributed by atoms with Crippen LogP contribution in [0.25, 0.3) is 16.9 Å². The maximum atomic E-state index is 6.09. The largest absolute Gasteiger partial charge is 0.497 e. The Morgan fingerprint density at radius 1 is 1.05 bits per heavy atom. The van der Waals surface area contributed by atoms with Crippen LogP contribution in [0.2, 0.25) is 0 Å². The molecule has 0 saturated carbocycles. The molecule has 0 amide bonds. The third-order valence-electron chi connectivity index (χ3n) is 3.20. The van der Waals surface area contributed by atoms with E-state index >= 15 is 0 Å². The van der Waals surface area contributed by atoms with Crippen molar-refractivity contribution in [2.75, 3.05) is 12.8 Å². The molecule has 21 heavy (non-hydrogen) atoms. The molecule has 4 nitrogen and oxygen atoms in total. The second kappa shape index (κ2) is 5.61. The molecular formula is C16H14BrN3O. The van der Waals surface area contributed by atoms with Crippen molar-refractivity contribution in [1.82, 2.24) is 9.78 Å². The number of halogens is 1. The average Bonchev–Trinajstić information content (AvgIpc) is 2.90. The van der Waals surface area contributed by atoms with Gasteiger partial charge in [-0.1, -0.05) is 15.9 Å². The van der Waals surface area contributed by atoms with E-state index in [-0.39, 0.29) is 0 Å². The number of nitrogens with zero attached hydrogens (tertiary/aromatic N) is 2. The number of hydrogen-bond donors (Lipinski definition) is 1. The molecule has 0 aliphatic heterocycles. The Bertz CT molecular complexity index is 748. The minimum atomic E-state index is 0.642. The SMILES string of the molecule is COc1ccc(-c2nn(-c3ccc(Br)cc3)cc2N)cc1. The number of ether oxygens (including phenoxy) is 1. The molecule has 0 fully saturated rings. The number of nitrogens with two attached hydrogens (primary N) is 1. The normalized spacial score (nSPS) is 10.6. The van der Waals surface area contributed by atoms with Crippen LogP contribution in [0.3, 0.4) is 0 Å². The molecule has 5 heteroatoms. The third kappa shape index (κ3) is 2.78. The van der Waals surface area contributed by atoms with E-state index in [1.807, 2.05) is 54.7 Å². The van der Waals surface area contributed by atoms with Crippen molar-refractivity contribution >= 4 is 21.6 Å². The summed E-state index contributed by atoms with van der Waals surface area (Å²) in [5.41, 5.74) is 9.42. The van der Waals surface area contributed by atoms with Crippen LogP contribution in [-0.4, -0.2) is 16.9 Å².